The number of carbonyl (C=O) groups excluding carboxylic acids is 2. The van der Waals surface area contributed by atoms with Crippen molar-refractivity contribution in [3.05, 3.63) is 24.0 Å². The van der Waals surface area contributed by atoms with Gasteiger partial charge in [0.1, 0.15) is 5.82 Å². The minimum absolute atomic E-state index is 0. The standard InChI is InChI=1S/C16H20FN3O2.ClH/c1-10(11-8-18-9-11)16(22)19-12-4-5-14(13(17)7-12)20-6-2-3-15(20)21;/h4-5,7,10-11,18H,2-3,6,8-9H2,1H3,(H,19,22);1H. The lowest BCUT2D eigenvalue weighted by atomic mass is 9.88. The van der Waals surface area contributed by atoms with Crippen molar-refractivity contribution in [2.24, 2.45) is 11.8 Å². The molecule has 7 heteroatoms. The number of anilines is 2. The monoisotopic (exact) mass is 341 g/mol. The maximum absolute atomic E-state index is 14.2. The Morgan fingerprint density at radius 1 is 1.43 bits per heavy atom. The maximum atomic E-state index is 14.2. The number of benzene rings is 1. The van der Waals surface area contributed by atoms with Crippen molar-refractivity contribution in [2.45, 2.75) is 19.8 Å². The number of hydrogen-bond acceptors (Lipinski definition) is 3. The molecule has 5 nitrogen and oxygen atoms in total. The summed E-state index contributed by atoms with van der Waals surface area (Å²) in [6, 6.07) is 4.49. The average Bonchev–Trinajstić information content (AvgIpc) is 2.83. The molecule has 0 radical (unpaired) electrons. The van der Waals surface area contributed by atoms with E-state index in [4.69, 9.17) is 0 Å². The summed E-state index contributed by atoms with van der Waals surface area (Å²) in [6.45, 7) is 4.12. The first-order chi connectivity index (χ1) is 10.6. The van der Waals surface area contributed by atoms with Gasteiger partial charge in [-0.05, 0) is 43.6 Å². The second kappa shape index (κ2) is 7.27. The molecule has 1 aromatic rings. The Kier molecular flexibility index (Phi) is 5.59. The number of nitrogens with one attached hydrogen (secondary N) is 2. The molecule has 2 fully saturated rings. The van der Waals surface area contributed by atoms with Crippen LogP contribution in [0.25, 0.3) is 0 Å². The number of rotatable bonds is 4. The highest BCUT2D eigenvalue weighted by Crippen LogP contribution is 2.27. The van der Waals surface area contributed by atoms with Crippen molar-refractivity contribution in [1.82, 2.24) is 5.32 Å². The third-order valence-electron chi connectivity index (χ3n) is 4.51. The molecule has 1 atom stereocenters. The summed E-state index contributed by atoms with van der Waals surface area (Å²) in [4.78, 5) is 25.3. The molecule has 2 aliphatic heterocycles. The van der Waals surface area contributed by atoms with E-state index in [2.05, 4.69) is 10.6 Å². The van der Waals surface area contributed by atoms with Gasteiger partial charge < -0.3 is 15.5 Å². The zero-order chi connectivity index (χ0) is 15.7. The van der Waals surface area contributed by atoms with Crippen molar-refractivity contribution in [2.75, 3.05) is 29.9 Å². The summed E-state index contributed by atoms with van der Waals surface area (Å²) in [5, 5.41) is 5.89. The summed E-state index contributed by atoms with van der Waals surface area (Å²) < 4.78 is 14.2. The third-order valence-corrected chi connectivity index (χ3v) is 4.51. The molecule has 3 rings (SSSR count). The van der Waals surface area contributed by atoms with E-state index < -0.39 is 5.82 Å². The van der Waals surface area contributed by atoms with Gasteiger partial charge in [-0.3, -0.25) is 9.59 Å². The van der Waals surface area contributed by atoms with E-state index in [-0.39, 0.29) is 35.8 Å². The van der Waals surface area contributed by atoms with E-state index in [1.54, 1.807) is 12.1 Å². The number of halogens is 2. The number of hydrogen-bond donors (Lipinski definition) is 2. The molecule has 2 saturated heterocycles. The lowest BCUT2D eigenvalue weighted by molar-refractivity contribution is -0.121. The van der Waals surface area contributed by atoms with E-state index in [9.17, 15) is 14.0 Å². The topological polar surface area (TPSA) is 61.4 Å². The van der Waals surface area contributed by atoms with Crippen LogP contribution in [0.4, 0.5) is 15.8 Å². The Balaban J connectivity index is 0.00000192. The summed E-state index contributed by atoms with van der Waals surface area (Å²) in [6.07, 6.45) is 1.22. The highest BCUT2D eigenvalue weighted by molar-refractivity contribution is 5.96. The minimum Gasteiger partial charge on any atom is -0.326 e. The molecule has 126 valence electrons. The van der Waals surface area contributed by atoms with Gasteiger partial charge in [0.05, 0.1) is 5.69 Å². The molecule has 0 aromatic heterocycles. The smallest absolute Gasteiger partial charge is 0.227 e. The summed E-state index contributed by atoms with van der Waals surface area (Å²) >= 11 is 0. The summed E-state index contributed by atoms with van der Waals surface area (Å²) in [5.41, 5.74) is 0.716. The molecule has 0 saturated carbocycles. The number of amides is 2. The van der Waals surface area contributed by atoms with E-state index >= 15 is 0 Å². The van der Waals surface area contributed by atoms with Gasteiger partial charge in [-0.2, -0.15) is 0 Å². The van der Waals surface area contributed by atoms with E-state index in [1.165, 1.54) is 11.0 Å². The second-order valence-corrected chi connectivity index (χ2v) is 6.01. The van der Waals surface area contributed by atoms with Gasteiger partial charge in [0.2, 0.25) is 11.8 Å². The Hall–Kier alpha value is -1.66. The Morgan fingerprint density at radius 3 is 2.70 bits per heavy atom. The van der Waals surface area contributed by atoms with Gasteiger partial charge >= 0.3 is 0 Å². The van der Waals surface area contributed by atoms with Crippen molar-refractivity contribution >= 4 is 35.6 Å². The molecule has 0 aliphatic carbocycles. The normalized spacial score (nSPS) is 19.0. The lowest BCUT2D eigenvalue weighted by Gasteiger charge is -2.31. The van der Waals surface area contributed by atoms with Crippen LogP contribution in [-0.4, -0.2) is 31.4 Å². The van der Waals surface area contributed by atoms with Crippen molar-refractivity contribution in [3.63, 3.8) is 0 Å². The minimum atomic E-state index is -0.481. The van der Waals surface area contributed by atoms with Gasteiger partial charge in [0.25, 0.3) is 0 Å². The number of nitrogens with zero attached hydrogens (tertiary/aromatic N) is 1. The Labute approximate surface area is 141 Å². The first-order valence-electron chi connectivity index (χ1n) is 7.68. The highest BCUT2D eigenvalue weighted by Gasteiger charge is 2.29. The van der Waals surface area contributed by atoms with Crippen LogP contribution in [0.1, 0.15) is 19.8 Å². The van der Waals surface area contributed by atoms with Crippen LogP contribution >= 0.6 is 12.4 Å². The molecule has 2 amide bonds. The van der Waals surface area contributed by atoms with Gasteiger partial charge in [0.15, 0.2) is 0 Å². The van der Waals surface area contributed by atoms with Crippen LogP contribution in [0.15, 0.2) is 18.2 Å². The highest BCUT2D eigenvalue weighted by atomic mass is 35.5. The van der Waals surface area contributed by atoms with Crippen LogP contribution in [0.2, 0.25) is 0 Å². The largest absolute Gasteiger partial charge is 0.326 e. The van der Waals surface area contributed by atoms with Crippen molar-refractivity contribution < 1.29 is 14.0 Å². The van der Waals surface area contributed by atoms with Gasteiger partial charge in [-0.15, -0.1) is 12.4 Å². The zero-order valence-corrected chi connectivity index (χ0v) is 13.8. The molecular weight excluding hydrogens is 321 g/mol. The fraction of sp³-hybridized carbons (Fsp3) is 0.500. The summed E-state index contributed by atoms with van der Waals surface area (Å²) in [5.74, 6) is -0.404. The fourth-order valence-electron chi connectivity index (χ4n) is 2.84. The molecule has 2 heterocycles. The second-order valence-electron chi connectivity index (χ2n) is 6.01. The zero-order valence-electron chi connectivity index (χ0n) is 13.0. The first kappa shape index (κ1) is 17.7. The predicted octanol–water partition coefficient (Wildman–Crippen LogP) is 2.17. The summed E-state index contributed by atoms with van der Waals surface area (Å²) in [7, 11) is 0. The Bertz CT molecular complexity index is 607. The number of carbonyl (C=O) groups is 2. The van der Waals surface area contributed by atoms with Crippen LogP contribution in [0.3, 0.4) is 0 Å². The van der Waals surface area contributed by atoms with Gasteiger partial charge in [-0.25, -0.2) is 4.39 Å². The fourth-order valence-corrected chi connectivity index (χ4v) is 2.84. The van der Waals surface area contributed by atoms with E-state index in [0.717, 1.165) is 19.5 Å². The average molecular weight is 342 g/mol. The SMILES string of the molecule is CC(C(=O)Nc1ccc(N2CCCC2=O)c(F)c1)C1CNC1.Cl. The quantitative estimate of drug-likeness (QED) is 0.882. The Morgan fingerprint density at radius 2 is 2.17 bits per heavy atom. The maximum Gasteiger partial charge on any atom is 0.227 e. The van der Waals surface area contributed by atoms with E-state index in [0.29, 0.717) is 24.6 Å². The van der Waals surface area contributed by atoms with Crippen LogP contribution in [-0.2, 0) is 9.59 Å². The van der Waals surface area contributed by atoms with E-state index in [1.807, 2.05) is 6.92 Å². The molecule has 0 bridgehead atoms. The molecule has 23 heavy (non-hydrogen) atoms. The molecule has 2 aliphatic rings. The molecule has 1 aromatic carbocycles. The van der Waals surface area contributed by atoms with Crippen LogP contribution < -0.4 is 15.5 Å². The van der Waals surface area contributed by atoms with Crippen LogP contribution in [0, 0.1) is 17.7 Å². The molecule has 1 unspecified atom stereocenters. The van der Waals surface area contributed by atoms with Crippen LogP contribution in [0.5, 0.6) is 0 Å². The molecule has 0 spiro atoms. The molecule has 2 N–H and O–H groups in total. The van der Waals surface area contributed by atoms with Gasteiger partial charge in [-0.1, -0.05) is 6.92 Å². The third kappa shape index (κ3) is 3.64. The molecular formula is C16H21ClFN3O2. The van der Waals surface area contributed by atoms with Gasteiger partial charge in [0, 0.05) is 24.6 Å². The van der Waals surface area contributed by atoms with Crippen molar-refractivity contribution in [1.29, 1.82) is 0 Å². The lowest BCUT2D eigenvalue weighted by Crippen LogP contribution is -2.48. The first-order valence-corrected chi connectivity index (χ1v) is 7.68. The predicted molar refractivity (Wildman–Crippen MR) is 89.4 cm³/mol. The van der Waals surface area contributed by atoms with Crippen molar-refractivity contribution in [3.8, 4) is 0 Å².